The molecule has 0 heterocycles. The van der Waals surface area contributed by atoms with Crippen molar-refractivity contribution in [1.29, 1.82) is 0 Å². The summed E-state index contributed by atoms with van der Waals surface area (Å²) >= 11 is 5.67. The van der Waals surface area contributed by atoms with E-state index in [2.05, 4.69) is 12.2 Å². The smallest absolute Gasteiger partial charge is 0.142 e. The number of nitrogens with one attached hydrogen (secondary N) is 1. The predicted octanol–water partition coefficient (Wildman–Crippen LogP) is 4.19. The van der Waals surface area contributed by atoms with Gasteiger partial charge in [0, 0.05) is 6.04 Å². The maximum absolute atomic E-state index is 13.3. The number of hydrogen-bond acceptors (Lipinski definition) is 1. The van der Waals surface area contributed by atoms with Crippen LogP contribution in [0.3, 0.4) is 0 Å². The normalized spacial score (nSPS) is 16.8. The van der Waals surface area contributed by atoms with Gasteiger partial charge in [-0.3, -0.25) is 0 Å². The Balaban J connectivity index is 1.78. The lowest BCUT2D eigenvalue weighted by Crippen LogP contribution is -2.30. The molecule has 0 radical (unpaired) electrons. The third-order valence-electron chi connectivity index (χ3n) is 3.62. The summed E-state index contributed by atoms with van der Waals surface area (Å²) in [5, 5.41) is 3.77. The highest BCUT2D eigenvalue weighted by atomic mass is 35.5. The molecular formula is C15H21ClFN. The zero-order valence-corrected chi connectivity index (χ0v) is 11.6. The van der Waals surface area contributed by atoms with Gasteiger partial charge in [-0.25, -0.2) is 4.39 Å². The molecule has 3 heteroatoms. The van der Waals surface area contributed by atoms with Crippen molar-refractivity contribution >= 4 is 11.6 Å². The first-order chi connectivity index (χ1) is 8.70. The molecule has 0 spiro atoms. The Bertz CT molecular complexity index is 390. The van der Waals surface area contributed by atoms with Crippen LogP contribution in [0.1, 0.15) is 38.2 Å². The van der Waals surface area contributed by atoms with E-state index in [0.29, 0.717) is 6.04 Å². The van der Waals surface area contributed by atoms with Crippen LogP contribution in [0.15, 0.2) is 18.2 Å². The molecule has 1 aromatic carbocycles. The fourth-order valence-electron chi connectivity index (χ4n) is 2.49. The maximum Gasteiger partial charge on any atom is 0.142 e. The number of hydrogen-bond donors (Lipinski definition) is 1. The van der Waals surface area contributed by atoms with Gasteiger partial charge in [-0.2, -0.15) is 0 Å². The quantitative estimate of drug-likeness (QED) is 0.783. The number of aryl methyl sites for hydroxylation is 1. The molecule has 0 saturated heterocycles. The molecule has 1 nitrogen and oxygen atoms in total. The Morgan fingerprint density at radius 2 is 2.22 bits per heavy atom. The van der Waals surface area contributed by atoms with Gasteiger partial charge in [-0.05, 0) is 62.3 Å². The van der Waals surface area contributed by atoms with Crippen LogP contribution in [0.2, 0.25) is 5.02 Å². The molecule has 1 saturated carbocycles. The number of rotatable bonds is 7. The van der Waals surface area contributed by atoms with Crippen LogP contribution in [-0.4, -0.2) is 12.6 Å². The average Bonchev–Trinajstić information content (AvgIpc) is 3.17. The molecule has 0 aromatic heterocycles. The van der Waals surface area contributed by atoms with E-state index < -0.39 is 0 Å². The second-order valence-electron chi connectivity index (χ2n) is 5.14. The first-order valence-electron chi connectivity index (χ1n) is 6.88. The fourth-order valence-corrected chi connectivity index (χ4v) is 2.60. The highest BCUT2D eigenvalue weighted by Gasteiger charge is 2.29. The molecule has 1 aromatic rings. The lowest BCUT2D eigenvalue weighted by Gasteiger charge is -2.16. The minimum atomic E-state index is -0.306. The molecule has 1 atom stereocenters. The van der Waals surface area contributed by atoms with E-state index >= 15 is 0 Å². The highest BCUT2D eigenvalue weighted by molar-refractivity contribution is 6.30. The lowest BCUT2D eigenvalue weighted by molar-refractivity contribution is 0.434. The first-order valence-corrected chi connectivity index (χ1v) is 7.25. The fraction of sp³-hybridized carbons (Fsp3) is 0.600. The van der Waals surface area contributed by atoms with E-state index in [1.807, 2.05) is 6.07 Å². The van der Waals surface area contributed by atoms with E-state index in [9.17, 15) is 4.39 Å². The van der Waals surface area contributed by atoms with Crippen LogP contribution in [0.25, 0.3) is 0 Å². The lowest BCUT2D eigenvalue weighted by atomic mass is 10.0. The molecule has 1 fully saturated rings. The molecule has 18 heavy (non-hydrogen) atoms. The summed E-state index contributed by atoms with van der Waals surface area (Å²) in [4.78, 5) is 0. The van der Waals surface area contributed by atoms with Crippen molar-refractivity contribution in [3.05, 3.63) is 34.6 Å². The van der Waals surface area contributed by atoms with Crippen molar-refractivity contribution in [2.24, 2.45) is 5.92 Å². The molecule has 0 aliphatic heterocycles. The van der Waals surface area contributed by atoms with Crippen molar-refractivity contribution in [1.82, 2.24) is 5.32 Å². The Morgan fingerprint density at radius 1 is 1.44 bits per heavy atom. The maximum atomic E-state index is 13.3. The van der Waals surface area contributed by atoms with Crippen LogP contribution in [0.5, 0.6) is 0 Å². The Hall–Kier alpha value is -0.600. The number of halogens is 2. The largest absolute Gasteiger partial charge is 0.314 e. The van der Waals surface area contributed by atoms with Crippen LogP contribution < -0.4 is 5.32 Å². The summed E-state index contributed by atoms with van der Waals surface area (Å²) in [7, 11) is 0. The van der Waals surface area contributed by atoms with Crippen molar-refractivity contribution in [2.75, 3.05) is 6.54 Å². The Morgan fingerprint density at radius 3 is 2.83 bits per heavy atom. The molecule has 0 bridgehead atoms. The summed E-state index contributed by atoms with van der Waals surface area (Å²) in [6.45, 7) is 3.20. The van der Waals surface area contributed by atoms with Gasteiger partial charge in [0.05, 0.1) is 5.02 Å². The van der Waals surface area contributed by atoms with Gasteiger partial charge in [-0.1, -0.05) is 24.6 Å². The second kappa shape index (κ2) is 6.53. The molecule has 0 amide bonds. The van der Waals surface area contributed by atoms with Crippen molar-refractivity contribution in [3.8, 4) is 0 Å². The monoisotopic (exact) mass is 269 g/mol. The third-order valence-corrected chi connectivity index (χ3v) is 3.93. The van der Waals surface area contributed by atoms with E-state index in [0.717, 1.165) is 30.9 Å². The summed E-state index contributed by atoms with van der Waals surface area (Å²) in [5.74, 6) is 0.575. The zero-order valence-electron chi connectivity index (χ0n) is 10.9. The third kappa shape index (κ3) is 3.96. The standard InChI is InChI=1S/C15H21ClFN/c1-2-18-15(12-7-8-12)5-3-4-11-6-9-13(16)14(17)10-11/h6,9-10,12,15,18H,2-5,7-8H2,1H3. The molecular weight excluding hydrogens is 249 g/mol. The predicted molar refractivity (Wildman–Crippen MR) is 74.5 cm³/mol. The summed E-state index contributed by atoms with van der Waals surface area (Å²) in [6, 6.07) is 5.79. The van der Waals surface area contributed by atoms with Gasteiger partial charge in [-0.15, -0.1) is 0 Å². The van der Waals surface area contributed by atoms with Gasteiger partial charge < -0.3 is 5.32 Å². The van der Waals surface area contributed by atoms with Gasteiger partial charge in [0.2, 0.25) is 0 Å². The topological polar surface area (TPSA) is 12.0 Å². The van der Waals surface area contributed by atoms with E-state index in [-0.39, 0.29) is 10.8 Å². The van der Waals surface area contributed by atoms with E-state index in [1.165, 1.54) is 19.3 Å². The SMILES string of the molecule is CCNC(CCCc1ccc(Cl)c(F)c1)C1CC1. The number of benzene rings is 1. The highest BCUT2D eigenvalue weighted by Crippen LogP contribution is 2.34. The summed E-state index contributed by atoms with van der Waals surface area (Å²) in [6.07, 6.45) is 5.96. The van der Waals surface area contributed by atoms with E-state index in [1.54, 1.807) is 12.1 Å². The van der Waals surface area contributed by atoms with Crippen LogP contribution in [0.4, 0.5) is 4.39 Å². The second-order valence-corrected chi connectivity index (χ2v) is 5.55. The summed E-state index contributed by atoms with van der Waals surface area (Å²) < 4.78 is 13.3. The Kier molecular flexibility index (Phi) is 5.02. The van der Waals surface area contributed by atoms with E-state index in [4.69, 9.17) is 11.6 Å². The van der Waals surface area contributed by atoms with Crippen LogP contribution >= 0.6 is 11.6 Å². The first kappa shape index (κ1) is 13.8. The molecule has 1 aliphatic carbocycles. The van der Waals surface area contributed by atoms with Gasteiger partial charge in [0.15, 0.2) is 0 Å². The minimum Gasteiger partial charge on any atom is -0.314 e. The molecule has 1 aliphatic rings. The van der Waals surface area contributed by atoms with Gasteiger partial charge in [0.25, 0.3) is 0 Å². The van der Waals surface area contributed by atoms with Crippen molar-refractivity contribution in [2.45, 2.75) is 45.1 Å². The molecule has 1 N–H and O–H groups in total. The van der Waals surface area contributed by atoms with Gasteiger partial charge in [0.1, 0.15) is 5.82 Å². The van der Waals surface area contributed by atoms with Crippen LogP contribution in [-0.2, 0) is 6.42 Å². The Labute approximate surface area is 114 Å². The molecule has 2 rings (SSSR count). The van der Waals surface area contributed by atoms with Crippen LogP contribution in [0, 0.1) is 11.7 Å². The van der Waals surface area contributed by atoms with Crippen molar-refractivity contribution < 1.29 is 4.39 Å². The summed E-state index contributed by atoms with van der Waals surface area (Å²) in [5.41, 5.74) is 1.04. The average molecular weight is 270 g/mol. The molecule has 1 unspecified atom stereocenters. The minimum absolute atomic E-state index is 0.210. The molecule has 100 valence electrons. The van der Waals surface area contributed by atoms with Gasteiger partial charge >= 0.3 is 0 Å². The van der Waals surface area contributed by atoms with Crippen molar-refractivity contribution in [3.63, 3.8) is 0 Å². The zero-order chi connectivity index (χ0) is 13.0.